The summed E-state index contributed by atoms with van der Waals surface area (Å²) in [5, 5.41) is 2.65. The van der Waals surface area contributed by atoms with Gasteiger partial charge in [-0.05, 0) is 48.6 Å². The van der Waals surface area contributed by atoms with Gasteiger partial charge in [-0.25, -0.2) is 13.1 Å². The maximum absolute atomic E-state index is 12.4. The van der Waals surface area contributed by atoms with E-state index in [1.807, 2.05) is 44.2 Å². The van der Waals surface area contributed by atoms with Crippen molar-refractivity contribution in [2.45, 2.75) is 44.9 Å². The number of aryl methyl sites for hydroxylation is 2. The van der Waals surface area contributed by atoms with E-state index >= 15 is 0 Å². The quantitative estimate of drug-likeness (QED) is 0.645. The van der Waals surface area contributed by atoms with Crippen LogP contribution in [-0.2, 0) is 20.2 Å². The van der Waals surface area contributed by atoms with Crippen molar-refractivity contribution in [3.05, 3.63) is 59.2 Å². The molecule has 0 atom stereocenters. The van der Waals surface area contributed by atoms with Crippen LogP contribution >= 0.6 is 0 Å². The molecule has 0 fully saturated rings. The summed E-state index contributed by atoms with van der Waals surface area (Å²) in [7, 11) is -3.62. The average Bonchev–Trinajstić information content (AvgIpc) is 2.64. The van der Waals surface area contributed by atoms with Gasteiger partial charge in [0, 0.05) is 13.1 Å². The molecule has 0 aliphatic carbocycles. The molecule has 7 heteroatoms. The van der Waals surface area contributed by atoms with Crippen LogP contribution in [0.5, 0.6) is 5.75 Å². The number of carbonyl (C=O) groups excluding carboxylic acids is 1. The Bertz CT molecular complexity index is 946. The van der Waals surface area contributed by atoms with Crippen molar-refractivity contribution in [1.29, 1.82) is 0 Å². The second kappa shape index (κ2) is 9.41. The molecule has 1 amide bonds. The minimum absolute atomic E-state index is 0.0425. The number of carbonyl (C=O) groups is 1. The molecule has 6 nitrogen and oxygen atoms in total. The molecule has 0 spiro atoms. The second-order valence-electron chi connectivity index (χ2n) is 8.08. The van der Waals surface area contributed by atoms with E-state index in [-0.39, 0.29) is 35.9 Å². The number of sulfonamides is 1. The molecule has 2 N–H and O–H groups in total. The van der Waals surface area contributed by atoms with Crippen molar-refractivity contribution in [2.24, 2.45) is 0 Å². The van der Waals surface area contributed by atoms with Gasteiger partial charge < -0.3 is 10.1 Å². The first kappa shape index (κ1) is 22.9. The molecule has 2 rings (SSSR count). The fourth-order valence-corrected chi connectivity index (χ4v) is 3.79. The highest BCUT2D eigenvalue weighted by atomic mass is 32.2. The van der Waals surface area contributed by atoms with Crippen LogP contribution in [0, 0.1) is 13.8 Å². The third-order valence-electron chi connectivity index (χ3n) is 4.46. The van der Waals surface area contributed by atoms with Crippen molar-refractivity contribution in [3.8, 4) is 5.75 Å². The highest BCUT2D eigenvalue weighted by Gasteiger charge is 2.17. The van der Waals surface area contributed by atoms with Crippen molar-refractivity contribution in [1.82, 2.24) is 10.0 Å². The van der Waals surface area contributed by atoms with Crippen LogP contribution in [-0.4, -0.2) is 34.0 Å². The number of nitrogens with one attached hydrogen (secondary N) is 2. The molecule has 2 aromatic rings. The molecular weight excluding hydrogens is 388 g/mol. The zero-order valence-corrected chi connectivity index (χ0v) is 18.5. The van der Waals surface area contributed by atoms with E-state index in [0.29, 0.717) is 5.75 Å². The van der Waals surface area contributed by atoms with Crippen LogP contribution in [0.25, 0.3) is 0 Å². The van der Waals surface area contributed by atoms with Gasteiger partial charge in [0.1, 0.15) is 5.75 Å². The number of benzene rings is 2. The Balaban J connectivity index is 1.78. The highest BCUT2D eigenvalue weighted by molar-refractivity contribution is 7.89. The Morgan fingerprint density at radius 2 is 1.66 bits per heavy atom. The Morgan fingerprint density at radius 1 is 1.00 bits per heavy atom. The zero-order chi connectivity index (χ0) is 21.7. The Hall–Kier alpha value is -2.38. The SMILES string of the molecule is Cc1ccc(OCC(=O)NCCNS(=O)(=O)c2ccc(C(C)(C)C)cc2)c(C)c1. The Morgan fingerprint density at radius 3 is 2.24 bits per heavy atom. The predicted octanol–water partition coefficient (Wildman–Crippen LogP) is 3.07. The summed E-state index contributed by atoms with van der Waals surface area (Å²) in [6.07, 6.45) is 0. The molecule has 0 unspecified atom stereocenters. The standard InChI is InChI=1S/C22H30N2O4S/c1-16-6-11-20(17(2)14-16)28-15-21(25)23-12-13-24-29(26,27)19-9-7-18(8-10-19)22(3,4)5/h6-11,14,24H,12-13,15H2,1-5H3,(H,23,25). The third-order valence-corrected chi connectivity index (χ3v) is 5.94. The minimum atomic E-state index is -3.62. The summed E-state index contributed by atoms with van der Waals surface area (Å²) >= 11 is 0. The van der Waals surface area contributed by atoms with E-state index < -0.39 is 10.0 Å². The van der Waals surface area contributed by atoms with Crippen molar-refractivity contribution in [3.63, 3.8) is 0 Å². The second-order valence-corrected chi connectivity index (χ2v) is 9.85. The fourth-order valence-electron chi connectivity index (χ4n) is 2.76. The third kappa shape index (κ3) is 6.87. The molecule has 0 bridgehead atoms. The van der Waals surface area contributed by atoms with Gasteiger partial charge in [-0.2, -0.15) is 0 Å². The van der Waals surface area contributed by atoms with E-state index in [4.69, 9.17) is 4.74 Å². The lowest BCUT2D eigenvalue weighted by molar-refractivity contribution is -0.123. The molecule has 2 aromatic carbocycles. The van der Waals surface area contributed by atoms with Crippen LogP contribution in [0.3, 0.4) is 0 Å². The minimum Gasteiger partial charge on any atom is -0.484 e. The summed E-state index contributed by atoms with van der Waals surface area (Å²) in [5.74, 6) is 0.351. The first-order valence-electron chi connectivity index (χ1n) is 9.56. The normalized spacial score (nSPS) is 11.9. The van der Waals surface area contributed by atoms with Gasteiger partial charge in [-0.15, -0.1) is 0 Å². The van der Waals surface area contributed by atoms with E-state index in [9.17, 15) is 13.2 Å². The van der Waals surface area contributed by atoms with Crippen LogP contribution in [0.1, 0.15) is 37.5 Å². The van der Waals surface area contributed by atoms with Gasteiger partial charge in [-0.1, -0.05) is 50.6 Å². The summed E-state index contributed by atoms with van der Waals surface area (Å²) in [6.45, 7) is 10.3. The average molecular weight is 419 g/mol. The summed E-state index contributed by atoms with van der Waals surface area (Å²) in [4.78, 5) is 12.1. The number of ether oxygens (including phenoxy) is 1. The predicted molar refractivity (Wildman–Crippen MR) is 115 cm³/mol. The lowest BCUT2D eigenvalue weighted by Crippen LogP contribution is -2.36. The molecule has 29 heavy (non-hydrogen) atoms. The maximum Gasteiger partial charge on any atom is 0.257 e. The lowest BCUT2D eigenvalue weighted by Gasteiger charge is -2.19. The van der Waals surface area contributed by atoms with Crippen LogP contribution in [0.15, 0.2) is 47.4 Å². The number of rotatable bonds is 8. The molecule has 0 radical (unpaired) electrons. The number of hydrogen-bond donors (Lipinski definition) is 2. The van der Waals surface area contributed by atoms with Crippen LogP contribution in [0.2, 0.25) is 0 Å². The molecule has 0 saturated carbocycles. The fraction of sp³-hybridized carbons (Fsp3) is 0.409. The van der Waals surface area contributed by atoms with E-state index in [1.165, 1.54) is 0 Å². The first-order valence-corrected chi connectivity index (χ1v) is 11.0. The molecule has 158 valence electrons. The van der Waals surface area contributed by atoms with Gasteiger partial charge in [0.2, 0.25) is 10.0 Å². The number of amides is 1. The summed E-state index contributed by atoms with van der Waals surface area (Å²) in [6, 6.07) is 12.6. The van der Waals surface area contributed by atoms with E-state index in [0.717, 1.165) is 16.7 Å². The highest BCUT2D eigenvalue weighted by Crippen LogP contribution is 2.23. The van der Waals surface area contributed by atoms with Crippen LogP contribution in [0.4, 0.5) is 0 Å². The zero-order valence-electron chi connectivity index (χ0n) is 17.7. The van der Waals surface area contributed by atoms with Gasteiger partial charge in [0.05, 0.1) is 4.90 Å². The maximum atomic E-state index is 12.4. The number of hydrogen-bond acceptors (Lipinski definition) is 4. The topological polar surface area (TPSA) is 84.5 Å². The molecular formula is C22H30N2O4S. The van der Waals surface area contributed by atoms with Gasteiger partial charge in [0.15, 0.2) is 6.61 Å². The van der Waals surface area contributed by atoms with Gasteiger partial charge in [-0.3, -0.25) is 4.79 Å². The molecule has 0 aliphatic rings. The van der Waals surface area contributed by atoms with E-state index in [2.05, 4.69) is 30.8 Å². The Kier molecular flexibility index (Phi) is 7.43. The van der Waals surface area contributed by atoms with Crippen LogP contribution < -0.4 is 14.8 Å². The van der Waals surface area contributed by atoms with E-state index in [1.54, 1.807) is 12.1 Å². The van der Waals surface area contributed by atoms with Crippen molar-refractivity contribution in [2.75, 3.05) is 19.7 Å². The lowest BCUT2D eigenvalue weighted by atomic mass is 9.87. The summed E-state index contributed by atoms with van der Waals surface area (Å²) in [5.41, 5.74) is 3.11. The summed E-state index contributed by atoms with van der Waals surface area (Å²) < 4.78 is 32.7. The molecule has 0 aliphatic heterocycles. The largest absolute Gasteiger partial charge is 0.484 e. The van der Waals surface area contributed by atoms with Crippen molar-refractivity contribution < 1.29 is 17.9 Å². The van der Waals surface area contributed by atoms with Crippen molar-refractivity contribution >= 4 is 15.9 Å². The monoisotopic (exact) mass is 418 g/mol. The molecule has 0 saturated heterocycles. The van der Waals surface area contributed by atoms with Gasteiger partial charge in [0.25, 0.3) is 5.91 Å². The molecule has 0 aromatic heterocycles. The molecule has 0 heterocycles. The van der Waals surface area contributed by atoms with Gasteiger partial charge >= 0.3 is 0 Å². The smallest absolute Gasteiger partial charge is 0.257 e. The first-order chi connectivity index (χ1) is 13.5. The Labute approximate surface area is 173 Å².